The number of nitrogens with two attached hydrogens (primary N) is 1. The van der Waals surface area contributed by atoms with E-state index in [9.17, 15) is 4.79 Å². The molecule has 0 aliphatic rings. The zero-order valence-electron chi connectivity index (χ0n) is 13.4. The lowest BCUT2D eigenvalue weighted by Crippen LogP contribution is -2.39. The molecule has 1 unspecified atom stereocenters. The van der Waals surface area contributed by atoms with Gasteiger partial charge in [0.15, 0.2) is 0 Å². The minimum Gasteiger partial charge on any atom is -0.383 e. The van der Waals surface area contributed by atoms with Crippen molar-refractivity contribution in [1.82, 2.24) is 4.57 Å². The zero-order valence-corrected chi connectivity index (χ0v) is 13.4. The molecule has 5 heteroatoms. The summed E-state index contributed by atoms with van der Waals surface area (Å²) < 4.78 is 7.19. The molecule has 0 radical (unpaired) electrons. The molecular formula is C18H21N3O2. The quantitative estimate of drug-likeness (QED) is 0.761. The molecule has 1 aromatic heterocycles. The Kier molecular flexibility index (Phi) is 4.32. The third-order valence-electron chi connectivity index (χ3n) is 4.04. The van der Waals surface area contributed by atoms with Crippen LogP contribution in [0, 0.1) is 0 Å². The summed E-state index contributed by atoms with van der Waals surface area (Å²) in [5, 5.41) is 5.17. The number of rotatable bonds is 5. The van der Waals surface area contributed by atoms with Gasteiger partial charge in [0.05, 0.1) is 6.61 Å². The van der Waals surface area contributed by atoms with Crippen LogP contribution in [0.15, 0.2) is 42.5 Å². The van der Waals surface area contributed by atoms with Gasteiger partial charge in [-0.1, -0.05) is 18.2 Å². The van der Waals surface area contributed by atoms with Gasteiger partial charge in [-0.3, -0.25) is 4.79 Å². The molecule has 0 aliphatic heterocycles. The Balaban J connectivity index is 2.02. The Morgan fingerprint density at radius 3 is 2.70 bits per heavy atom. The second-order valence-corrected chi connectivity index (χ2v) is 5.54. The Bertz CT molecular complexity index is 854. The van der Waals surface area contributed by atoms with E-state index in [0.29, 0.717) is 0 Å². The normalized spacial score (nSPS) is 12.7. The van der Waals surface area contributed by atoms with Crippen LogP contribution in [-0.2, 0) is 16.1 Å². The number of benzene rings is 2. The molecule has 0 fully saturated rings. The minimum absolute atomic E-state index is 0.198. The topological polar surface area (TPSA) is 69.3 Å². The van der Waals surface area contributed by atoms with E-state index in [2.05, 4.69) is 28.9 Å². The van der Waals surface area contributed by atoms with Crippen molar-refractivity contribution in [1.29, 1.82) is 0 Å². The van der Waals surface area contributed by atoms with Gasteiger partial charge < -0.3 is 20.4 Å². The Morgan fingerprint density at radius 1 is 1.22 bits per heavy atom. The summed E-state index contributed by atoms with van der Waals surface area (Å²) in [6.07, 6.45) is 0. The monoisotopic (exact) mass is 311 g/mol. The zero-order chi connectivity index (χ0) is 16.4. The predicted octanol–water partition coefficient (Wildman–Crippen LogP) is 2.73. The second-order valence-electron chi connectivity index (χ2n) is 5.54. The summed E-state index contributed by atoms with van der Waals surface area (Å²) in [6.45, 7) is 3.23. The number of para-hydroxylation sites is 1. The van der Waals surface area contributed by atoms with Crippen molar-refractivity contribution in [2.45, 2.75) is 19.5 Å². The van der Waals surface area contributed by atoms with Crippen LogP contribution in [0.4, 0.5) is 5.69 Å². The molecule has 0 aliphatic carbocycles. The first-order chi connectivity index (χ1) is 11.2. The minimum atomic E-state index is -0.673. The smallest absolute Gasteiger partial charge is 0.243 e. The lowest BCUT2D eigenvalue weighted by molar-refractivity contribution is -0.118. The number of nitrogens with one attached hydrogen (secondary N) is 1. The molecule has 0 bridgehead atoms. The molecular weight excluding hydrogens is 290 g/mol. The summed E-state index contributed by atoms with van der Waals surface area (Å²) in [6, 6.07) is 13.6. The maximum Gasteiger partial charge on any atom is 0.243 e. The fraction of sp³-hybridized carbons (Fsp3) is 0.278. The Labute approximate surface area is 135 Å². The molecule has 3 rings (SSSR count). The summed E-state index contributed by atoms with van der Waals surface area (Å²) >= 11 is 0. The van der Waals surface area contributed by atoms with E-state index in [1.54, 1.807) is 0 Å². The maximum atomic E-state index is 12.0. The summed E-state index contributed by atoms with van der Waals surface area (Å²) in [7, 11) is 1.53. The molecule has 5 nitrogen and oxygen atoms in total. The highest BCUT2D eigenvalue weighted by Crippen LogP contribution is 2.30. The molecule has 0 saturated heterocycles. The first-order valence-electron chi connectivity index (χ1n) is 7.72. The number of aromatic nitrogens is 1. The van der Waals surface area contributed by atoms with Crippen molar-refractivity contribution in [3.8, 4) is 0 Å². The number of ether oxygens (including phenoxy) is 1. The fourth-order valence-electron chi connectivity index (χ4n) is 2.96. The number of methoxy groups -OCH3 is 1. The molecule has 3 aromatic rings. The van der Waals surface area contributed by atoms with Crippen molar-refractivity contribution in [2.24, 2.45) is 5.73 Å². The average Bonchev–Trinajstić information content (AvgIpc) is 2.88. The third-order valence-corrected chi connectivity index (χ3v) is 4.04. The van der Waals surface area contributed by atoms with Gasteiger partial charge in [-0.05, 0) is 31.2 Å². The Hall–Kier alpha value is -2.37. The first-order valence-corrected chi connectivity index (χ1v) is 7.72. The number of amides is 1. The van der Waals surface area contributed by atoms with Crippen LogP contribution in [0.2, 0.25) is 0 Å². The van der Waals surface area contributed by atoms with Crippen LogP contribution < -0.4 is 11.1 Å². The molecule has 3 N–H and O–H groups in total. The van der Waals surface area contributed by atoms with Crippen LogP contribution >= 0.6 is 0 Å². The number of aryl methyl sites for hydroxylation is 1. The highest BCUT2D eigenvalue weighted by molar-refractivity contribution is 6.10. The molecule has 1 atom stereocenters. The van der Waals surface area contributed by atoms with Crippen molar-refractivity contribution >= 4 is 33.4 Å². The number of carbonyl (C=O) groups excluding carboxylic acids is 1. The first kappa shape index (κ1) is 15.5. The van der Waals surface area contributed by atoms with E-state index in [4.69, 9.17) is 10.5 Å². The molecule has 1 heterocycles. The number of anilines is 1. The van der Waals surface area contributed by atoms with E-state index in [0.717, 1.165) is 23.1 Å². The van der Waals surface area contributed by atoms with Gasteiger partial charge in [-0.25, -0.2) is 0 Å². The summed E-state index contributed by atoms with van der Waals surface area (Å²) in [5.74, 6) is -0.245. The maximum absolute atomic E-state index is 12.0. The molecule has 0 saturated carbocycles. The molecule has 0 spiro atoms. The molecule has 2 aromatic carbocycles. The standard InChI is InChI=1S/C18H21N3O2/c1-3-21-16-7-5-4-6-13(16)14-10-12(8-9-17(14)21)20-18(22)15(19)11-23-2/h4-10,15H,3,11,19H2,1-2H3,(H,20,22). The van der Waals surface area contributed by atoms with E-state index in [1.165, 1.54) is 18.0 Å². The number of fused-ring (bicyclic) bond motifs is 3. The van der Waals surface area contributed by atoms with Gasteiger partial charge >= 0.3 is 0 Å². The lowest BCUT2D eigenvalue weighted by atomic mass is 10.1. The lowest BCUT2D eigenvalue weighted by Gasteiger charge is -2.11. The van der Waals surface area contributed by atoms with Crippen LogP contribution in [-0.4, -0.2) is 30.2 Å². The predicted molar refractivity (Wildman–Crippen MR) is 93.6 cm³/mol. The van der Waals surface area contributed by atoms with Crippen molar-refractivity contribution in [2.75, 3.05) is 19.0 Å². The molecule has 120 valence electrons. The highest BCUT2D eigenvalue weighted by Gasteiger charge is 2.14. The van der Waals surface area contributed by atoms with Crippen LogP contribution in [0.25, 0.3) is 21.8 Å². The van der Waals surface area contributed by atoms with Gasteiger partial charge in [-0.15, -0.1) is 0 Å². The third kappa shape index (κ3) is 2.81. The highest BCUT2D eigenvalue weighted by atomic mass is 16.5. The van der Waals surface area contributed by atoms with Crippen LogP contribution in [0.1, 0.15) is 6.92 Å². The average molecular weight is 311 g/mol. The van der Waals surface area contributed by atoms with E-state index in [1.807, 2.05) is 30.3 Å². The Morgan fingerprint density at radius 2 is 1.96 bits per heavy atom. The second kappa shape index (κ2) is 6.40. The van der Waals surface area contributed by atoms with Gasteiger partial charge in [0.1, 0.15) is 6.04 Å². The van der Waals surface area contributed by atoms with E-state index >= 15 is 0 Å². The number of nitrogens with zero attached hydrogens (tertiary/aromatic N) is 1. The number of carbonyl (C=O) groups is 1. The number of hydrogen-bond donors (Lipinski definition) is 2. The fourth-order valence-corrected chi connectivity index (χ4v) is 2.96. The molecule has 23 heavy (non-hydrogen) atoms. The van der Waals surface area contributed by atoms with Gasteiger partial charge in [0, 0.05) is 41.1 Å². The van der Waals surface area contributed by atoms with E-state index < -0.39 is 6.04 Å². The number of hydrogen-bond acceptors (Lipinski definition) is 3. The summed E-state index contributed by atoms with van der Waals surface area (Å²) in [5.41, 5.74) is 8.87. The van der Waals surface area contributed by atoms with Crippen LogP contribution in [0.3, 0.4) is 0 Å². The van der Waals surface area contributed by atoms with Crippen molar-refractivity contribution in [3.05, 3.63) is 42.5 Å². The SMILES string of the molecule is CCn1c2ccccc2c2cc(NC(=O)C(N)COC)ccc21. The van der Waals surface area contributed by atoms with Gasteiger partial charge in [0.2, 0.25) is 5.91 Å². The van der Waals surface area contributed by atoms with E-state index in [-0.39, 0.29) is 12.5 Å². The van der Waals surface area contributed by atoms with Crippen molar-refractivity contribution in [3.63, 3.8) is 0 Å². The van der Waals surface area contributed by atoms with Gasteiger partial charge in [0.25, 0.3) is 0 Å². The summed E-state index contributed by atoms with van der Waals surface area (Å²) in [4.78, 5) is 12.0. The largest absolute Gasteiger partial charge is 0.383 e. The van der Waals surface area contributed by atoms with Crippen molar-refractivity contribution < 1.29 is 9.53 Å². The molecule has 1 amide bonds. The van der Waals surface area contributed by atoms with Crippen LogP contribution in [0.5, 0.6) is 0 Å². The van der Waals surface area contributed by atoms with Gasteiger partial charge in [-0.2, -0.15) is 0 Å².